The minimum Gasteiger partial charge on any atom is -0.352 e. The van der Waals surface area contributed by atoms with E-state index in [4.69, 9.17) is 34.8 Å². The van der Waals surface area contributed by atoms with Crippen LogP contribution in [-0.2, 0) is 32.6 Å². The van der Waals surface area contributed by atoms with Gasteiger partial charge in [0.25, 0.3) is 0 Å². The summed E-state index contributed by atoms with van der Waals surface area (Å²) in [5.41, 5.74) is 2.38. The molecular weight excluding hydrogens is 605 g/mol. The van der Waals surface area contributed by atoms with Crippen molar-refractivity contribution in [3.05, 3.63) is 98.5 Å². The molecule has 2 amide bonds. The normalized spacial score (nSPS) is 12.9. The van der Waals surface area contributed by atoms with Crippen LogP contribution < -0.4 is 9.62 Å². The number of amides is 2. The fraction of sp³-hybridized carbons (Fsp3) is 0.333. The lowest BCUT2D eigenvalue weighted by atomic mass is 10.0. The van der Waals surface area contributed by atoms with Gasteiger partial charge in [0.1, 0.15) is 12.6 Å². The van der Waals surface area contributed by atoms with Crippen LogP contribution >= 0.6 is 34.8 Å². The van der Waals surface area contributed by atoms with Crippen LogP contribution in [0.1, 0.15) is 37.0 Å². The molecule has 0 aliphatic carbocycles. The van der Waals surface area contributed by atoms with E-state index in [0.717, 1.165) is 16.1 Å². The number of hydrogen-bond donors (Lipinski definition) is 1. The lowest BCUT2D eigenvalue weighted by Crippen LogP contribution is -2.54. The van der Waals surface area contributed by atoms with Crippen molar-refractivity contribution in [3.8, 4) is 0 Å². The van der Waals surface area contributed by atoms with E-state index < -0.39 is 28.5 Å². The van der Waals surface area contributed by atoms with Crippen molar-refractivity contribution in [2.75, 3.05) is 17.1 Å². The molecule has 3 aromatic rings. The van der Waals surface area contributed by atoms with Gasteiger partial charge >= 0.3 is 0 Å². The third-order valence-corrected chi connectivity index (χ3v) is 8.83. The summed E-state index contributed by atoms with van der Waals surface area (Å²) >= 11 is 18.6. The van der Waals surface area contributed by atoms with E-state index in [1.165, 1.54) is 11.0 Å². The number of rotatable bonds is 12. The van der Waals surface area contributed by atoms with E-state index in [2.05, 4.69) is 5.32 Å². The van der Waals surface area contributed by atoms with Gasteiger partial charge in [0.05, 0.1) is 22.0 Å². The van der Waals surface area contributed by atoms with Crippen molar-refractivity contribution < 1.29 is 18.0 Å². The SMILES string of the molecule is CCC(C)NC(=O)C(Cc1ccccc1)N(Cc1ccc(Cl)c(Cl)c1)C(=O)CN(c1cc(Cl)ccc1C)S(C)(=O)=O. The number of nitrogens with zero attached hydrogens (tertiary/aromatic N) is 2. The smallest absolute Gasteiger partial charge is 0.244 e. The first-order valence-electron chi connectivity index (χ1n) is 13.1. The number of benzene rings is 3. The highest BCUT2D eigenvalue weighted by molar-refractivity contribution is 7.92. The van der Waals surface area contributed by atoms with Gasteiger partial charge in [-0.25, -0.2) is 8.42 Å². The summed E-state index contributed by atoms with van der Waals surface area (Å²) in [5.74, 6) is -0.914. The average Bonchev–Trinajstić information content (AvgIpc) is 2.92. The monoisotopic (exact) mass is 637 g/mol. The molecule has 0 bridgehead atoms. The highest BCUT2D eigenvalue weighted by atomic mass is 35.5. The highest BCUT2D eigenvalue weighted by Crippen LogP contribution is 2.28. The number of carbonyl (C=O) groups excluding carboxylic acids is 2. The number of carbonyl (C=O) groups is 2. The van der Waals surface area contributed by atoms with E-state index in [-0.39, 0.29) is 30.6 Å². The third kappa shape index (κ3) is 9.10. The number of nitrogens with one attached hydrogen (secondary N) is 1. The number of halogens is 3. The van der Waals surface area contributed by atoms with Gasteiger partial charge in [0.2, 0.25) is 21.8 Å². The fourth-order valence-electron chi connectivity index (χ4n) is 4.28. The topological polar surface area (TPSA) is 86.8 Å². The highest BCUT2D eigenvalue weighted by Gasteiger charge is 2.34. The molecule has 0 saturated heterocycles. The molecule has 1 N–H and O–H groups in total. The molecule has 0 fully saturated rings. The standard InChI is InChI=1S/C30H34Cl3N3O4S/c1-5-21(3)34-30(38)28(16-22-9-7-6-8-10-22)35(18-23-12-14-25(32)26(33)15-23)29(37)19-36(41(4,39)40)27-17-24(31)13-11-20(27)2/h6-15,17,21,28H,5,16,18-19H2,1-4H3,(H,34,38). The van der Waals surface area contributed by atoms with Crippen LogP contribution in [0.3, 0.4) is 0 Å². The fourth-order valence-corrected chi connectivity index (χ4v) is 5.66. The second kappa shape index (κ2) is 14.4. The molecule has 0 spiro atoms. The Bertz CT molecular complexity index is 1490. The number of aryl methyl sites for hydroxylation is 1. The van der Waals surface area contributed by atoms with E-state index in [9.17, 15) is 18.0 Å². The van der Waals surface area contributed by atoms with Crippen molar-refractivity contribution in [1.29, 1.82) is 0 Å². The van der Waals surface area contributed by atoms with Crippen LogP contribution in [0.15, 0.2) is 66.7 Å². The maximum absolute atomic E-state index is 14.2. The van der Waals surface area contributed by atoms with Gasteiger partial charge in [0, 0.05) is 24.0 Å². The van der Waals surface area contributed by atoms with Crippen molar-refractivity contribution in [2.45, 2.75) is 52.2 Å². The summed E-state index contributed by atoms with van der Waals surface area (Å²) < 4.78 is 27.0. The summed E-state index contributed by atoms with van der Waals surface area (Å²) in [4.78, 5) is 29.3. The molecule has 0 radical (unpaired) electrons. The van der Waals surface area contributed by atoms with E-state index in [1.807, 2.05) is 44.2 Å². The van der Waals surface area contributed by atoms with Crippen molar-refractivity contribution >= 4 is 62.3 Å². The summed E-state index contributed by atoms with van der Waals surface area (Å²) in [6.45, 7) is 5.03. The van der Waals surface area contributed by atoms with Crippen LogP contribution in [0.4, 0.5) is 5.69 Å². The molecule has 3 aromatic carbocycles. The quantitative estimate of drug-likeness (QED) is 0.253. The molecule has 0 aromatic heterocycles. The third-order valence-electron chi connectivity index (χ3n) is 6.73. The van der Waals surface area contributed by atoms with E-state index in [1.54, 1.807) is 37.3 Å². The molecule has 0 heterocycles. The van der Waals surface area contributed by atoms with Gasteiger partial charge < -0.3 is 10.2 Å². The number of sulfonamides is 1. The minimum atomic E-state index is -3.91. The lowest BCUT2D eigenvalue weighted by molar-refractivity contribution is -0.140. The zero-order valence-electron chi connectivity index (χ0n) is 23.4. The average molecular weight is 639 g/mol. The van der Waals surface area contributed by atoms with Crippen LogP contribution in [0.5, 0.6) is 0 Å². The van der Waals surface area contributed by atoms with Crippen molar-refractivity contribution in [2.24, 2.45) is 0 Å². The van der Waals surface area contributed by atoms with Gasteiger partial charge in [0.15, 0.2) is 0 Å². The molecule has 2 unspecified atom stereocenters. The molecule has 3 rings (SSSR count). The maximum Gasteiger partial charge on any atom is 0.244 e. The van der Waals surface area contributed by atoms with Crippen molar-refractivity contribution in [3.63, 3.8) is 0 Å². The van der Waals surface area contributed by atoms with Gasteiger partial charge in [-0.05, 0) is 61.2 Å². The molecule has 0 aliphatic heterocycles. The van der Waals surface area contributed by atoms with Crippen LogP contribution in [0.2, 0.25) is 15.1 Å². The predicted octanol–water partition coefficient (Wildman–Crippen LogP) is 6.28. The molecular formula is C30H34Cl3N3O4S. The molecule has 41 heavy (non-hydrogen) atoms. The van der Waals surface area contributed by atoms with Crippen LogP contribution in [-0.4, -0.2) is 50.0 Å². The summed E-state index contributed by atoms with van der Waals surface area (Å²) in [5, 5.41) is 3.97. The Morgan fingerprint density at radius 2 is 1.61 bits per heavy atom. The molecule has 2 atom stereocenters. The summed E-state index contributed by atoms with van der Waals surface area (Å²) in [7, 11) is -3.91. The zero-order chi connectivity index (χ0) is 30.3. The largest absolute Gasteiger partial charge is 0.352 e. The number of anilines is 1. The van der Waals surface area contributed by atoms with Gasteiger partial charge in [-0.2, -0.15) is 0 Å². The summed E-state index contributed by atoms with van der Waals surface area (Å²) in [6.07, 6.45) is 1.94. The molecule has 11 heteroatoms. The first kappa shape index (κ1) is 32.7. The van der Waals surface area contributed by atoms with Crippen LogP contribution in [0, 0.1) is 6.92 Å². The van der Waals surface area contributed by atoms with E-state index >= 15 is 0 Å². The first-order valence-corrected chi connectivity index (χ1v) is 16.1. The predicted molar refractivity (Wildman–Crippen MR) is 167 cm³/mol. The Morgan fingerprint density at radius 3 is 2.22 bits per heavy atom. The Kier molecular flexibility index (Phi) is 11.5. The Balaban J connectivity index is 2.11. The molecule has 0 aliphatic rings. The van der Waals surface area contributed by atoms with E-state index in [0.29, 0.717) is 32.6 Å². The lowest BCUT2D eigenvalue weighted by Gasteiger charge is -2.34. The summed E-state index contributed by atoms with van der Waals surface area (Å²) in [6, 6.07) is 18.1. The van der Waals surface area contributed by atoms with Gasteiger partial charge in [-0.15, -0.1) is 0 Å². The Morgan fingerprint density at radius 1 is 0.927 bits per heavy atom. The molecule has 220 valence electrons. The zero-order valence-corrected chi connectivity index (χ0v) is 26.5. The Labute approximate surface area is 257 Å². The van der Waals surface area contributed by atoms with Crippen molar-refractivity contribution in [1.82, 2.24) is 10.2 Å². The number of hydrogen-bond acceptors (Lipinski definition) is 4. The second-order valence-corrected chi connectivity index (χ2v) is 13.2. The minimum absolute atomic E-state index is 0.00667. The van der Waals surface area contributed by atoms with Crippen LogP contribution in [0.25, 0.3) is 0 Å². The molecule has 0 saturated carbocycles. The molecule has 7 nitrogen and oxygen atoms in total. The van der Waals surface area contributed by atoms with Gasteiger partial charge in [-0.1, -0.05) is 84.2 Å². The maximum atomic E-state index is 14.2. The van der Waals surface area contributed by atoms with Gasteiger partial charge in [-0.3, -0.25) is 13.9 Å². The first-order chi connectivity index (χ1) is 19.3. The Hall–Kier alpha value is -2.78. The second-order valence-electron chi connectivity index (χ2n) is 9.99.